The maximum atomic E-state index is 12.5. The van der Waals surface area contributed by atoms with E-state index >= 15 is 0 Å². The summed E-state index contributed by atoms with van der Waals surface area (Å²) in [7, 11) is 0. The van der Waals surface area contributed by atoms with Crippen LogP contribution in [0.5, 0.6) is 5.75 Å². The van der Waals surface area contributed by atoms with Gasteiger partial charge in [-0.15, -0.1) is 0 Å². The molecule has 0 saturated carbocycles. The minimum absolute atomic E-state index is 0.00499. The van der Waals surface area contributed by atoms with Crippen molar-refractivity contribution in [3.63, 3.8) is 0 Å². The number of carboxylic acids is 1. The van der Waals surface area contributed by atoms with Crippen LogP contribution in [0.4, 0.5) is 0 Å². The number of H-pyrrole nitrogens is 1. The van der Waals surface area contributed by atoms with E-state index in [0.29, 0.717) is 18.8 Å². The first kappa shape index (κ1) is 21.8. The number of hydrogen-bond donors (Lipinski definition) is 2. The summed E-state index contributed by atoms with van der Waals surface area (Å²) in [6.45, 7) is 4.63. The molecular weight excluding hydrogens is 438 g/mol. The zero-order valence-corrected chi connectivity index (χ0v) is 18.6. The van der Waals surface area contributed by atoms with Crippen molar-refractivity contribution < 1.29 is 14.6 Å². The first-order valence-electron chi connectivity index (χ1n) is 11.2. The summed E-state index contributed by atoms with van der Waals surface area (Å²) in [6.07, 6.45) is 7.65. The summed E-state index contributed by atoms with van der Waals surface area (Å²) in [4.78, 5) is 37.3. The first-order valence-corrected chi connectivity index (χ1v) is 11.2. The van der Waals surface area contributed by atoms with Crippen LogP contribution >= 0.6 is 0 Å². The molecule has 11 nitrogen and oxygen atoms in total. The Morgan fingerprint density at radius 2 is 1.97 bits per heavy atom. The van der Waals surface area contributed by atoms with Gasteiger partial charge in [0, 0.05) is 12.7 Å². The molecule has 0 radical (unpaired) electrons. The summed E-state index contributed by atoms with van der Waals surface area (Å²) < 4.78 is 8.86. The van der Waals surface area contributed by atoms with Crippen LogP contribution in [0.15, 0.2) is 47.8 Å². The predicted molar refractivity (Wildman–Crippen MR) is 124 cm³/mol. The minimum atomic E-state index is -1.11. The van der Waals surface area contributed by atoms with Crippen molar-refractivity contribution in [2.75, 3.05) is 26.2 Å². The van der Waals surface area contributed by atoms with Crippen LogP contribution in [0.1, 0.15) is 35.2 Å². The molecule has 0 aliphatic carbocycles. The van der Waals surface area contributed by atoms with Crippen molar-refractivity contribution >= 4 is 17.1 Å². The average Bonchev–Trinajstić information content (AvgIpc) is 3.59. The highest BCUT2D eigenvalue weighted by atomic mass is 16.5. The van der Waals surface area contributed by atoms with Crippen LogP contribution in [-0.4, -0.2) is 71.5 Å². The molecule has 3 aromatic heterocycles. The molecule has 5 rings (SSSR count). The number of hydrogen-bond acceptors (Lipinski definition) is 7. The van der Waals surface area contributed by atoms with E-state index in [1.54, 1.807) is 10.9 Å². The highest BCUT2D eigenvalue weighted by Crippen LogP contribution is 2.16. The number of likely N-dealkylation sites (tertiary alicyclic amines) is 1. The third-order valence-corrected chi connectivity index (χ3v) is 5.87. The first-order chi connectivity index (χ1) is 16.6. The van der Waals surface area contributed by atoms with E-state index in [1.807, 2.05) is 24.3 Å². The third-order valence-electron chi connectivity index (χ3n) is 5.87. The number of fused-ring (bicyclic) bond motifs is 1. The Morgan fingerprint density at radius 3 is 2.71 bits per heavy atom. The van der Waals surface area contributed by atoms with Gasteiger partial charge >= 0.3 is 5.97 Å². The van der Waals surface area contributed by atoms with Crippen LogP contribution in [0.3, 0.4) is 0 Å². The second-order valence-electron chi connectivity index (χ2n) is 8.31. The van der Waals surface area contributed by atoms with Crippen molar-refractivity contribution in [3.05, 3.63) is 64.5 Å². The number of ether oxygens (including phenoxy) is 1. The zero-order chi connectivity index (χ0) is 23.5. The molecule has 4 heterocycles. The van der Waals surface area contributed by atoms with E-state index in [1.165, 1.54) is 43.0 Å². The highest BCUT2D eigenvalue weighted by molar-refractivity contribution is 5.86. The Hall–Kier alpha value is -3.99. The number of benzene rings is 1. The Balaban J connectivity index is 1.27. The van der Waals surface area contributed by atoms with Crippen molar-refractivity contribution in [2.45, 2.75) is 25.8 Å². The fourth-order valence-electron chi connectivity index (χ4n) is 4.09. The van der Waals surface area contributed by atoms with Crippen LogP contribution in [0, 0.1) is 0 Å². The van der Waals surface area contributed by atoms with E-state index in [9.17, 15) is 9.59 Å². The maximum absolute atomic E-state index is 12.5. The largest absolute Gasteiger partial charge is 0.494 e. The predicted octanol–water partition coefficient (Wildman–Crippen LogP) is 1.92. The number of carbonyl (C=O) groups is 1. The van der Waals surface area contributed by atoms with E-state index in [4.69, 9.17) is 9.84 Å². The van der Waals surface area contributed by atoms with Gasteiger partial charge in [-0.05, 0) is 50.0 Å². The van der Waals surface area contributed by atoms with Gasteiger partial charge in [0.2, 0.25) is 5.95 Å². The van der Waals surface area contributed by atoms with Crippen molar-refractivity contribution in [1.82, 2.24) is 34.2 Å². The van der Waals surface area contributed by atoms with Gasteiger partial charge in [0.05, 0.1) is 31.2 Å². The fourth-order valence-corrected chi connectivity index (χ4v) is 4.09. The smallest absolute Gasteiger partial charge is 0.338 e. The summed E-state index contributed by atoms with van der Waals surface area (Å²) in [6, 6.07) is 7.82. The van der Waals surface area contributed by atoms with Gasteiger partial charge in [0.25, 0.3) is 5.56 Å². The molecule has 0 atom stereocenters. The topological polar surface area (TPSA) is 131 Å². The third kappa shape index (κ3) is 4.69. The molecule has 0 spiro atoms. The molecule has 1 aliphatic heterocycles. The number of rotatable bonds is 9. The second kappa shape index (κ2) is 9.48. The second-order valence-corrected chi connectivity index (χ2v) is 8.31. The van der Waals surface area contributed by atoms with E-state index in [0.717, 1.165) is 24.3 Å². The summed E-state index contributed by atoms with van der Waals surface area (Å²) >= 11 is 0. The molecule has 1 fully saturated rings. The van der Waals surface area contributed by atoms with Gasteiger partial charge < -0.3 is 19.3 Å². The molecule has 2 N–H and O–H groups in total. The normalized spacial score (nSPS) is 14.1. The number of imidazole rings is 1. The summed E-state index contributed by atoms with van der Waals surface area (Å²) in [5.74, 6) is -0.173. The summed E-state index contributed by atoms with van der Waals surface area (Å²) in [5.41, 5.74) is 1.15. The number of aromatic nitrogens is 6. The zero-order valence-electron chi connectivity index (χ0n) is 18.6. The molecule has 176 valence electrons. The Labute approximate surface area is 194 Å². The van der Waals surface area contributed by atoms with Gasteiger partial charge in [-0.1, -0.05) is 12.1 Å². The fraction of sp³-hybridized carbons (Fsp3) is 0.348. The molecule has 0 bridgehead atoms. The van der Waals surface area contributed by atoms with Crippen molar-refractivity contribution in [1.29, 1.82) is 0 Å². The lowest BCUT2D eigenvalue weighted by Crippen LogP contribution is -2.21. The molecule has 1 aliphatic rings. The molecule has 0 unspecified atom stereocenters. The van der Waals surface area contributed by atoms with Crippen molar-refractivity contribution in [2.24, 2.45) is 0 Å². The lowest BCUT2D eigenvalue weighted by Gasteiger charge is -2.14. The lowest BCUT2D eigenvalue weighted by atomic mass is 10.2. The molecule has 34 heavy (non-hydrogen) atoms. The monoisotopic (exact) mass is 463 g/mol. The van der Waals surface area contributed by atoms with Crippen LogP contribution in [0.25, 0.3) is 17.1 Å². The van der Waals surface area contributed by atoms with Gasteiger partial charge in [-0.3, -0.25) is 9.78 Å². The van der Waals surface area contributed by atoms with E-state index in [2.05, 4.69) is 25.0 Å². The SMILES string of the molecule is O=C(O)c1cnn(-c2nc3c(ncn3Cc3ccc(OCCCN4CCCC4)cc3)c(=O)[nH]2)c1. The number of nitrogens with one attached hydrogen (secondary N) is 1. The molecule has 4 aromatic rings. The van der Waals surface area contributed by atoms with Gasteiger partial charge in [-0.2, -0.15) is 10.1 Å². The standard InChI is InChI=1S/C23H25N7O4/c31-21-19-20(26-23(27-21)30-14-17(12-25-30)22(32)33)29(15-24-19)13-16-4-6-18(7-5-16)34-11-3-10-28-8-1-2-9-28/h4-7,12,14-15H,1-3,8-11,13H2,(H,32,33)(H,26,27,31). The Bertz CT molecular complexity index is 1350. The maximum Gasteiger partial charge on any atom is 0.338 e. The van der Waals surface area contributed by atoms with Gasteiger partial charge in [-0.25, -0.2) is 14.5 Å². The van der Waals surface area contributed by atoms with E-state index in [-0.39, 0.29) is 17.0 Å². The molecule has 1 saturated heterocycles. The lowest BCUT2D eigenvalue weighted by molar-refractivity contribution is 0.0697. The Morgan fingerprint density at radius 1 is 1.18 bits per heavy atom. The van der Waals surface area contributed by atoms with Crippen LogP contribution in [0.2, 0.25) is 0 Å². The minimum Gasteiger partial charge on any atom is -0.494 e. The Kier molecular flexibility index (Phi) is 6.09. The number of aromatic carboxylic acids is 1. The number of nitrogens with zero attached hydrogens (tertiary/aromatic N) is 6. The van der Waals surface area contributed by atoms with Crippen LogP contribution in [-0.2, 0) is 6.54 Å². The average molecular weight is 463 g/mol. The molecule has 0 amide bonds. The quantitative estimate of drug-likeness (QED) is 0.360. The molecular formula is C23H25N7O4. The number of aromatic amines is 1. The van der Waals surface area contributed by atoms with E-state index < -0.39 is 11.5 Å². The highest BCUT2D eigenvalue weighted by Gasteiger charge is 2.14. The summed E-state index contributed by atoms with van der Waals surface area (Å²) in [5, 5.41) is 13.1. The molecule has 1 aromatic carbocycles. The van der Waals surface area contributed by atoms with Crippen molar-refractivity contribution in [3.8, 4) is 11.7 Å². The van der Waals surface area contributed by atoms with Crippen LogP contribution < -0.4 is 10.3 Å². The molecule has 11 heteroatoms. The van der Waals surface area contributed by atoms with Gasteiger partial charge in [0.1, 0.15) is 5.75 Å². The number of carboxylic acid groups (broad SMARTS) is 1. The van der Waals surface area contributed by atoms with Gasteiger partial charge in [0.15, 0.2) is 11.2 Å².